The number of halogens is 3. The molecule has 0 saturated carbocycles. The average Bonchev–Trinajstić information content (AvgIpc) is 2.63. The number of hydrogen-bond donors (Lipinski definition) is 2. The number of anilines is 1. The van der Waals surface area contributed by atoms with Crippen molar-refractivity contribution in [3.8, 4) is 5.75 Å². The van der Waals surface area contributed by atoms with E-state index in [2.05, 4.69) is 6.92 Å². The number of nitrogens with one attached hydrogen (secondary N) is 1. The van der Waals surface area contributed by atoms with E-state index in [1.54, 1.807) is 0 Å². The molecule has 0 atom stereocenters. The minimum atomic E-state index is -4.91. The third kappa shape index (κ3) is 7.23. The highest BCUT2D eigenvalue weighted by molar-refractivity contribution is 5.91. The van der Waals surface area contributed by atoms with E-state index >= 15 is 0 Å². The van der Waals surface area contributed by atoms with Gasteiger partial charge in [-0.2, -0.15) is 13.2 Å². The molecule has 0 fully saturated rings. The Morgan fingerprint density at radius 1 is 1.21 bits per heavy atom. The van der Waals surface area contributed by atoms with Crippen molar-refractivity contribution < 1.29 is 32.7 Å². The number of benzene rings is 2. The number of ether oxygens (including phenoxy) is 1. The lowest BCUT2D eigenvalue weighted by Crippen LogP contribution is -2.16. The number of hydrogen-bond acceptors (Lipinski definition) is 5. The summed E-state index contributed by atoms with van der Waals surface area (Å²) >= 11 is 0. The minimum absolute atomic E-state index is 0.285. The summed E-state index contributed by atoms with van der Waals surface area (Å²) in [6.45, 7) is 3.89. The van der Waals surface area contributed by atoms with Crippen molar-refractivity contribution in [1.29, 1.82) is 0 Å². The van der Waals surface area contributed by atoms with E-state index in [0.717, 1.165) is 18.4 Å². The Kier molecular flexibility index (Phi) is 8.39. The monoisotopic (exact) mass is 400 g/mol. The molecular formula is C18H19F3N2O5. The molecule has 10 heteroatoms. The van der Waals surface area contributed by atoms with Crippen LogP contribution in [0.1, 0.15) is 18.1 Å². The van der Waals surface area contributed by atoms with Crippen LogP contribution in [0.15, 0.2) is 42.5 Å². The molecule has 28 heavy (non-hydrogen) atoms. The van der Waals surface area contributed by atoms with Crippen molar-refractivity contribution in [1.82, 2.24) is 0 Å². The van der Waals surface area contributed by atoms with Crippen LogP contribution in [0.2, 0.25) is 0 Å². The fourth-order valence-electron chi connectivity index (χ4n) is 2.00. The Balaban J connectivity index is 0.000000330. The normalized spacial score (nSPS) is 10.5. The number of aliphatic hydroxyl groups excluding tert-OH is 1. The highest BCUT2D eigenvalue weighted by Crippen LogP contribution is 2.37. The molecule has 0 radical (unpaired) electrons. The molecule has 2 aromatic carbocycles. The lowest BCUT2D eigenvalue weighted by Gasteiger charge is -2.10. The number of nitrogens with zero attached hydrogens (tertiary/aromatic N) is 1. The van der Waals surface area contributed by atoms with Crippen LogP contribution in [-0.4, -0.2) is 29.2 Å². The third-order valence-electron chi connectivity index (χ3n) is 3.26. The predicted octanol–water partition coefficient (Wildman–Crippen LogP) is 3.94. The zero-order valence-electron chi connectivity index (χ0n) is 15.1. The summed E-state index contributed by atoms with van der Waals surface area (Å²) < 4.78 is 42.9. The molecule has 0 saturated heterocycles. The van der Waals surface area contributed by atoms with E-state index in [-0.39, 0.29) is 5.69 Å². The highest BCUT2D eigenvalue weighted by Gasteiger charge is 2.38. The lowest BCUT2D eigenvalue weighted by atomic mass is 10.1. The fraction of sp³-hybridized carbons (Fsp3) is 0.278. The van der Waals surface area contributed by atoms with Crippen molar-refractivity contribution in [2.75, 3.05) is 18.5 Å². The van der Waals surface area contributed by atoms with Gasteiger partial charge in [0.15, 0.2) is 0 Å². The molecule has 0 aliphatic carbocycles. The van der Waals surface area contributed by atoms with Gasteiger partial charge in [-0.3, -0.25) is 14.9 Å². The van der Waals surface area contributed by atoms with Gasteiger partial charge in [0.2, 0.25) is 5.91 Å². The van der Waals surface area contributed by atoms with Gasteiger partial charge in [-0.15, -0.1) is 0 Å². The molecule has 152 valence electrons. The standard InChI is InChI=1S/C9H7F3N2O4.C9H12O/c10-9(11,12)6-3-5(13-8(16)4-15)1-2-7(6)14(17)18;1-3-10-9-6-4-8(2)5-7-9/h1-3,15H,4H2,(H,13,16);4-7H,3H2,1-2H3. The minimum Gasteiger partial charge on any atom is -0.494 e. The summed E-state index contributed by atoms with van der Waals surface area (Å²) in [6.07, 6.45) is -4.91. The van der Waals surface area contributed by atoms with Crippen molar-refractivity contribution in [3.63, 3.8) is 0 Å². The van der Waals surface area contributed by atoms with E-state index in [1.165, 1.54) is 5.56 Å². The first-order valence-corrected chi connectivity index (χ1v) is 8.04. The molecule has 2 rings (SSSR count). The number of aryl methyl sites for hydroxylation is 1. The first-order valence-electron chi connectivity index (χ1n) is 8.04. The van der Waals surface area contributed by atoms with Crippen molar-refractivity contribution in [2.45, 2.75) is 20.0 Å². The summed E-state index contributed by atoms with van der Waals surface area (Å²) in [5.74, 6) is 0.0325. The zero-order valence-corrected chi connectivity index (χ0v) is 15.1. The largest absolute Gasteiger partial charge is 0.494 e. The fourth-order valence-corrected chi connectivity index (χ4v) is 2.00. The van der Waals surface area contributed by atoms with Gasteiger partial charge in [0.1, 0.15) is 17.9 Å². The molecular weight excluding hydrogens is 381 g/mol. The second-order valence-electron chi connectivity index (χ2n) is 5.44. The smallest absolute Gasteiger partial charge is 0.423 e. The Morgan fingerprint density at radius 2 is 1.82 bits per heavy atom. The predicted molar refractivity (Wildman–Crippen MR) is 96.2 cm³/mol. The summed E-state index contributed by atoms with van der Waals surface area (Å²) in [5, 5.41) is 20.8. The zero-order chi connectivity index (χ0) is 21.3. The molecule has 0 heterocycles. The summed E-state index contributed by atoms with van der Waals surface area (Å²) in [6, 6.07) is 10.1. The summed E-state index contributed by atoms with van der Waals surface area (Å²) in [7, 11) is 0. The van der Waals surface area contributed by atoms with Gasteiger partial charge in [-0.05, 0) is 38.1 Å². The molecule has 0 aliphatic heterocycles. The number of nitro benzene ring substituents is 1. The summed E-state index contributed by atoms with van der Waals surface area (Å²) in [4.78, 5) is 20.1. The molecule has 0 unspecified atom stereocenters. The van der Waals surface area contributed by atoms with Crippen LogP contribution < -0.4 is 10.1 Å². The van der Waals surface area contributed by atoms with Crippen LogP contribution in [0.3, 0.4) is 0 Å². The van der Waals surface area contributed by atoms with Gasteiger partial charge in [-0.1, -0.05) is 17.7 Å². The van der Waals surface area contributed by atoms with Gasteiger partial charge in [0, 0.05) is 11.8 Å². The topological polar surface area (TPSA) is 102 Å². The SMILES string of the molecule is CCOc1ccc(C)cc1.O=C(CO)Nc1ccc([N+](=O)[O-])c(C(F)(F)F)c1. The Bertz CT molecular complexity index is 808. The maximum absolute atomic E-state index is 12.5. The first-order chi connectivity index (χ1) is 13.1. The van der Waals surface area contributed by atoms with Crippen molar-refractivity contribution in [3.05, 3.63) is 63.7 Å². The van der Waals surface area contributed by atoms with E-state index in [1.807, 2.05) is 36.5 Å². The maximum Gasteiger partial charge on any atom is 0.423 e. The van der Waals surface area contributed by atoms with Crippen LogP contribution in [-0.2, 0) is 11.0 Å². The number of carbonyl (C=O) groups is 1. The van der Waals surface area contributed by atoms with Crippen LogP contribution in [0.5, 0.6) is 5.75 Å². The Hall–Kier alpha value is -3.14. The average molecular weight is 400 g/mol. The number of rotatable bonds is 5. The second-order valence-corrected chi connectivity index (χ2v) is 5.44. The molecule has 1 amide bonds. The van der Waals surface area contributed by atoms with Gasteiger partial charge in [0.25, 0.3) is 5.69 Å². The molecule has 0 aliphatic rings. The van der Waals surface area contributed by atoms with Crippen LogP contribution in [0.4, 0.5) is 24.5 Å². The van der Waals surface area contributed by atoms with Crippen molar-refractivity contribution >= 4 is 17.3 Å². The van der Waals surface area contributed by atoms with Gasteiger partial charge < -0.3 is 15.2 Å². The van der Waals surface area contributed by atoms with Crippen LogP contribution >= 0.6 is 0 Å². The highest BCUT2D eigenvalue weighted by atomic mass is 19.4. The summed E-state index contributed by atoms with van der Waals surface area (Å²) in [5.41, 5.74) is -1.59. The Morgan fingerprint density at radius 3 is 2.29 bits per heavy atom. The number of alkyl halides is 3. The lowest BCUT2D eigenvalue weighted by molar-refractivity contribution is -0.388. The maximum atomic E-state index is 12.5. The van der Waals surface area contributed by atoms with E-state index in [4.69, 9.17) is 9.84 Å². The number of amides is 1. The Labute approximate surface area is 158 Å². The molecule has 2 aromatic rings. The van der Waals surface area contributed by atoms with E-state index in [9.17, 15) is 28.1 Å². The van der Waals surface area contributed by atoms with E-state index < -0.39 is 34.9 Å². The molecule has 0 spiro atoms. The van der Waals surface area contributed by atoms with Gasteiger partial charge in [-0.25, -0.2) is 0 Å². The molecule has 0 aromatic heterocycles. The van der Waals surface area contributed by atoms with E-state index in [0.29, 0.717) is 12.1 Å². The quantitative estimate of drug-likeness (QED) is 0.585. The third-order valence-corrected chi connectivity index (χ3v) is 3.26. The molecule has 2 N–H and O–H groups in total. The van der Waals surface area contributed by atoms with Crippen LogP contribution in [0.25, 0.3) is 0 Å². The molecule has 7 nitrogen and oxygen atoms in total. The second kappa shape index (κ2) is 10.3. The van der Waals surface area contributed by atoms with Gasteiger partial charge >= 0.3 is 6.18 Å². The van der Waals surface area contributed by atoms with Gasteiger partial charge in [0.05, 0.1) is 11.5 Å². The van der Waals surface area contributed by atoms with Crippen molar-refractivity contribution in [2.24, 2.45) is 0 Å². The number of aliphatic hydroxyl groups is 1. The number of carbonyl (C=O) groups excluding carboxylic acids is 1. The molecule has 0 bridgehead atoms. The van der Waals surface area contributed by atoms with Crippen LogP contribution in [0, 0.1) is 17.0 Å². The number of nitro groups is 1. The first kappa shape index (κ1) is 22.9.